The second-order valence-corrected chi connectivity index (χ2v) is 14.3. The van der Waals surface area contributed by atoms with Crippen molar-refractivity contribution in [2.75, 3.05) is 34.7 Å². The van der Waals surface area contributed by atoms with Crippen molar-refractivity contribution in [2.24, 2.45) is 0 Å². The quantitative estimate of drug-likeness (QED) is 0.125. The van der Waals surface area contributed by atoms with Gasteiger partial charge in [0.05, 0.1) is 41.6 Å². The van der Waals surface area contributed by atoms with E-state index in [1.54, 1.807) is 6.20 Å². The number of hydrogen-bond donors (Lipinski definition) is 3. The van der Waals surface area contributed by atoms with Crippen LogP contribution in [-0.2, 0) is 9.59 Å². The predicted molar refractivity (Wildman–Crippen MR) is 211 cm³/mol. The molecule has 1 aliphatic rings. The van der Waals surface area contributed by atoms with Gasteiger partial charge in [-0.15, -0.1) is 0 Å². The van der Waals surface area contributed by atoms with E-state index in [1.807, 2.05) is 159 Å². The Hall–Kier alpha value is -5.91. The Morgan fingerprint density at radius 1 is 0.704 bits per heavy atom. The highest BCUT2D eigenvalue weighted by atomic mass is 16.2. The Labute approximate surface area is 316 Å². The number of hydrogen-bond acceptors (Lipinski definition) is 7. The minimum Gasteiger partial charge on any atom is -0.345 e. The van der Waals surface area contributed by atoms with E-state index >= 15 is 0 Å². The Morgan fingerprint density at radius 2 is 1.30 bits per heavy atom. The number of nitrogens with zero attached hydrogens (tertiary/aromatic N) is 6. The largest absolute Gasteiger partial charge is 0.345 e. The number of benzene rings is 3. The summed E-state index contributed by atoms with van der Waals surface area (Å²) in [6, 6.07) is 30.7. The molecule has 276 valence electrons. The number of imidazole rings is 2. The van der Waals surface area contributed by atoms with E-state index in [4.69, 9.17) is 9.97 Å². The number of carbonyl (C=O) groups excluding carboxylic acids is 2. The van der Waals surface area contributed by atoms with Gasteiger partial charge in [-0.25, -0.2) is 9.97 Å². The van der Waals surface area contributed by atoms with Crippen LogP contribution in [0.2, 0.25) is 0 Å². The first kappa shape index (κ1) is 36.4. The molecule has 0 bridgehead atoms. The summed E-state index contributed by atoms with van der Waals surface area (Å²) < 4.78 is 0. The molecule has 0 saturated carbocycles. The van der Waals surface area contributed by atoms with Gasteiger partial charge in [-0.3, -0.25) is 24.4 Å². The van der Waals surface area contributed by atoms with Gasteiger partial charge in [0, 0.05) is 23.9 Å². The summed E-state index contributed by atoms with van der Waals surface area (Å²) in [4.78, 5) is 54.0. The fourth-order valence-corrected chi connectivity index (χ4v) is 7.35. The Bertz CT molecular complexity index is 2160. The summed E-state index contributed by atoms with van der Waals surface area (Å²) in [5.74, 6) is 1.49. The molecule has 7 rings (SSSR count). The van der Waals surface area contributed by atoms with Crippen LogP contribution in [0, 0.1) is 0 Å². The standard InChI is InChI=1S/C43H47N9O2/c1-28(47-42(53)38(50(2)3)31-13-8-6-9-14-31)40-45-26-35(48-40)30-20-18-29(19-21-30)34-23-22-33(25-44-34)36-27-46-41(49-36)37-17-12-24-52(37)43(54)39(51(4)5)32-15-10-7-11-16-32/h6-11,13-16,18-23,25-28,37-39H,12,17,24H2,1-5H3,(H,45,48)(H,46,49)(H,47,53). The first-order valence-electron chi connectivity index (χ1n) is 18.4. The molecule has 11 heteroatoms. The molecule has 4 unspecified atom stereocenters. The number of pyridine rings is 1. The molecule has 0 aliphatic carbocycles. The van der Waals surface area contributed by atoms with Crippen molar-refractivity contribution in [1.29, 1.82) is 0 Å². The van der Waals surface area contributed by atoms with E-state index in [2.05, 4.69) is 20.3 Å². The van der Waals surface area contributed by atoms with Gasteiger partial charge in [0.1, 0.15) is 23.7 Å². The zero-order valence-electron chi connectivity index (χ0n) is 31.4. The van der Waals surface area contributed by atoms with E-state index in [-0.39, 0.29) is 29.9 Å². The van der Waals surface area contributed by atoms with Crippen molar-refractivity contribution in [1.82, 2.24) is 44.9 Å². The molecule has 1 saturated heterocycles. The molecule has 1 aliphatic heterocycles. The highest BCUT2D eigenvalue weighted by Crippen LogP contribution is 2.35. The van der Waals surface area contributed by atoms with Crippen LogP contribution in [0.3, 0.4) is 0 Å². The van der Waals surface area contributed by atoms with Gasteiger partial charge in [0.25, 0.3) is 0 Å². The van der Waals surface area contributed by atoms with Gasteiger partial charge in [-0.2, -0.15) is 0 Å². The van der Waals surface area contributed by atoms with Crippen LogP contribution in [0.15, 0.2) is 116 Å². The number of rotatable bonds is 12. The number of amides is 2. The summed E-state index contributed by atoms with van der Waals surface area (Å²) in [5.41, 5.74) is 7.39. The van der Waals surface area contributed by atoms with Crippen molar-refractivity contribution in [3.05, 3.63) is 138 Å². The van der Waals surface area contributed by atoms with Gasteiger partial charge in [-0.05, 0) is 76.8 Å². The van der Waals surface area contributed by atoms with Crippen LogP contribution in [0.25, 0.3) is 33.8 Å². The fourth-order valence-electron chi connectivity index (χ4n) is 7.35. The molecular formula is C43H47N9O2. The van der Waals surface area contributed by atoms with E-state index in [9.17, 15) is 9.59 Å². The van der Waals surface area contributed by atoms with Gasteiger partial charge in [0.2, 0.25) is 11.8 Å². The summed E-state index contributed by atoms with van der Waals surface area (Å²) in [7, 11) is 7.70. The Morgan fingerprint density at radius 3 is 1.93 bits per heavy atom. The zero-order chi connectivity index (χ0) is 37.8. The lowest BCUT2D eigenvalue weighted by atomic mass is 10.0. The number of carbonyl (C=O) groups is 2. The highest BCUT2D eigenvalue weighted by Gasteiger charge is 2.37. The average molecular weight is 722 g/mol. The van der Waals surface area contributed by atoms with Crippen LogP contribution < -0.4 is 5.32 Å². The lowest BCUT2D eigenvalue weighted by molar-refractivity contribution is -0.137. The predicted octanol–water partition coefficient (Wildman–Crippen LogP) is 6.98. The molecule has 1 fully saturated rings. The molecule has 3 aromatic carbocycles. The molecule has 2 amide bonds. The molecular weight excluding hydrogens is 675 g/mol. The Balaban J connectivity index is 0.992. The van der Waals surface area contributed by atoms with Crippen LogP contribution >= 0.6 is 0 Å². The van der Waals surface area contributed by atoms with Gasteiger partial charge >= 0.3 is 0 Å². The number of nitrogens with one attached hydrogen (secondary N) is 3. The van der Waals surface area contributed by atoms with Gasteiger partial charge < -0.3 is 20.2 Å². The monoisotopic (exact) mass is 721 g/mol. The molecule has 0 spiro atoms. The van der Waals surface area contributed by atoms with Crippen molar-refractivity contribution >= 4 is 11.8 Å². The molecule has 4 heterocycles. The molecule has 54 heavy (non-hydrogen) atoms. The second-order valence-electron chi connectivity index (χ2n) is 14.3. The smallest absolute Gasteiger partial charge is 0.245 e. The summed E-state index contributed by atoms with van der Waals surface area (Å²) in [5, 5.41) is 3.12. The summed E-state index contributed by atoms with van der Waals surface area (Å²) >= 11 is 0. The number of likely N-dealkylation sites (N-methyl/N-ethyl adjacent to an activating group) is 2. The Kier molecular flexibility index (Phi) is 10.8. The SMILES string of the molecule is CC(NC(=O)C(c1ccccc1)N(C)C)c1ncc(-c2ccc(-c3ccc(-c4cnc(C5CCCN5C(=O)C(c5ccccc5)N(C)C)[nH]4)cn3)cc2)[nH]1. The van der Waals surface area contributed by atoms with E-state index < -0.39 is 6.04 Å². The average Bonchev–Trinajstić information content (AvgIpc) is 3.98. The maximum absolute atomic E-state index is 13.9. The minimum atomic E-state index is -0.406. The van der Waals surface area contributed by atoms with Crippen molar-refractivity contribution < 1.29 is 9.59 Å². The van der Waals surface area contributed by atoms with Gasteiger partial charge in [0.15, 0.2) is 0 Å². The highest BCUT2D eigenvalue weighted by molar-refractivity contribution is 5.84. The number of H-pyrrole nitrogens is 2. The molecule has 4 atom stereocenters. The molecule has 3 N–H and O–H groups in total. The van der Waals surface area contributed by atoms with Crippen LogP contribution in [-0.4, -0.2) is 86.2 Å². The van der Waals surface area contributed by atoms with Gasteiger partial charge in [-0.1, -0.05) is 84.9 Å². The topological polar surface area (TPSA) is 126 Å². The first-order valence-corrected chi connectivity index (χ1v) is 18.4. The lowest BCUT2D eigenvalue weighted by Crippen LogP contribution is -2.40. The third kappa shape index (κ3) is 7.73. The van der Waals surface area contributed by atoms with Crippen molar-refractivity contribution in [3.8, 4) is 33.8 Å². The number of likely N-dealkylation sites (tertiary alicyclic amines) is 1. The molecule has 0 radical (unpaired) electrons. The maximum atomic E-state index is 13.9. The normalized spacial score (nSPS) is 16.1. The lowest BCUT2D eigenvalue weighted by Gasteiger charge is -2.31. The van der Waals surface area contributed by atoms with Crippen LogP contribution in [0.5, 0.6) is 0 Å². The summed E-state index contributed by atoms with van der Waals surface area (Å²) in [6.45, 7) is 2.63. The molecule has 3 aromatic heterocycles. The first-order chi connectivity index (χ1) is 26.2. The van der Waals surface area contributed by atoms with E-state index in [0.29, 0.717) is 12.4 Å². The summed E-state index contributed by atoms with van der Waals surface area (Å²) in [6.07, 6.45) is 7.27. The fraction of sp³-hybridized carbons (Fsp3) is 0.279. The molecule has 11 nitrogen and oxygen atoms in total. The molecule has 6 aromatic rings. The minimum absolute atomic E-state index is 0.0859. The number of aromatic nitrogens is 5. The third-order valence-electron chi connectivity index (χ3n) is 10.1. The van der Waals surface area contributed by atoms with Crippen molar-refractivity contribution in [3.63, 3.8) is 0 Å². The van der Waals surface area contributed by atoms with E-state index in [0.717, 1.165) is 63.6 Å². The second kappa shape index (κ2) is 16.0. The van der Waals surface area contributed by atoms with Crippen LogP contribution in [0.4, 0.5) is 0 Å². The third-order valence-corrected chi connectivity index (χ3v) is 10.1. The van der Waals surface area contributed by atoms with Crippen LogP contribution in [0.1, 0.15) is 66.7 Å². The van der Waals surface area contributed by atoms with Crippen molar-refractivity contribution in [2.45, 2.75) is 43.9 Å². The zero-order valence-corrected chi connectivity index (χ0v) is 31.4. The number of aromatic amines is 2. The van der Waals surface area contributed by atoms with E-state index in [1.165, 1.54) is 0 Å². The maximum Gasteiger partial charge on any atom is 0.245 e.